The number of aliphatic imine (C=N–C) groups is 1. The van der Waals surface area contributed by atoms with Crippen LogP contribution in [0.5, 0.6) is 0 Å². The smallest absolute Gasteiger partial charge is 0.261 e. The molecule has 1 heterocycles. The van der Waals surface area contributed by atoms with Crippen molar-refractivity contribution in [2.24, 2.45) is 4.99 Å². The van der Waals surface area contributed by atoms with Crippen molar-refractivity contribution in [2.75, 3.05) is 4.72 Å². The van der Waals surface area contributed by atoms with Crippen LogP contribution in [0.15, 0.2) is 64.5 Å². The topological polar surface area (TPSA) is 58.5 Å². The van der Waals surface area contributed by atoms with E-state index >= 15 is 0 Å². The first-order valence-electron chi connectivity index (χ1n) is 8.14. The van der Waals surface area contributed by atoms with E-state index in [9.17, 15) is 8.42 Å². The molecule has 1 aromatic heterocycles. The molecule has 0 aliphatic heterocycles. The molecule has 0 bridgehead atoms. The minimum absolute atomic E-state index is 0.211. The van der Waals surface area contributed by atoms with Gasteiger partial charge in [0.25, 0.3) is 10.0 Å². The first-order valence-corrected chi connectivity index (χ1v) is 10.4. The lowest BCUT2D eigenvalue weighted by molar-refractivity contribution is 0.601. The summed E-state index contributed by atoms with van der Waals surface area (Å²) in [5.74, 6) is 0. The van der Waals surface area contributed by atoms with E-state index < -0.39 is 10.0 Å². The zero-order chi connectivity index (χ0) is 18.7. The van der Waals surface area contributed by atoms with E-state index in [0.717, 1.165) is 16.0 Å². The van der Waals surface area contributed by atoms with Crippen LogP contribution in [-0.4, -0.2) is 14.6 Å². The average molecular weight is 385 g/mol. The molecule has 1 N–H and O–H groups in total. The highest BCUT2D eigenvalue weighted by molar-refractivity contribution is 7.92. The fraction of sp³-hybridized carbons (Fsp3) is 0.150. The fourth-order valence-electron chi connectivity index (χ4n) is 2.50. The highest BCUT2D eigenvalue weighted by Gasteiger charge is 2.15. The molecule has 0 amide bonds. The molecule has 0 saturated heterocycles. The maximum atomic E-state index is 12.6. The Morgan fingerprint density at radius 2 is 1.69 bits per heavy atom. The molecule has 0 spiro atoms. The van der Waals surface area contributed by atoms with Gasteiger partial charge < -0.3 is 0 Å². The van der Waals surface area contributed by atoms with Crippen LogP contribution in [0.4, 0.5) is 11.4 Å². The SMILES string of the molecule is Cc1ccc(NS(=O)(=O)c2ccc(N=Cc3ccc(C)s3)cc2)c(C)c1. The van der Waals surface area contributed by atoms with Crippen molar-refractivity contribution >= 4 is 38.9 Å². The van der Waals surface area contributed by atoms with Crippen LogP contribution in [0, 0.1) is 20.8 Å². The van der Waals surface area contributed by atoms with E-state index in [1.165, 1.54) is 4.88 Å². The maximum Gasteiger partial charge on any atom is 0.261 e. The molecule has 134 valence electrons. The van der Waals surface area contributed by atoms with Crippen molar-refractivity contribution in [3.05, 3.63) is 75.5 Å². The number of anilines is 1. The van der Waals surface area contributed by atoms with Gasteiger partial charge in [-0.05, 0) is 68.8 Å². The van der Waals surface area contributed by atoms with Gasteiger partial charge in [-0.15, -0.1) is 11.3 Å². The van der Waals surface area contributed by atoms with E-state index in [0.29, 0.717) is 11.4 Å². The third-order valence-electron chi connectivity index (χ3n) is 3.88. The Hall–Kier alpha value is -2.44. The number of aryl methyl sites for hydroxylation is 3. The number of thiophene rings is 1. The number of nitrogens with one attached hydrogen (secondary N) is 1. The molecule has 0 aliphatic rings. The quantitative estimate of drug-likeness (QED) is 0.613. The zero-order valence-corrected chi connectivity index (χ0v) is 16.5. The number of nitrogens with zero attached hydrogens (tertiary/aromatic N) is 1. The van der Waals surface area contributed by atoms with Crippen molar-refractivity contribution < 1.29 is 8.42 Å². The Bertz CT molecular complexity index is 1050. The summed E-state index contributed by atoms with van der Waals surface area (Å²) in [6.45, 7) is 5.90. The lowest BCUT2D eigenvalue weighted by Gasteiger charge is -2.11. The first kappa shape index (κ1) is 18.4. The van der Waals surface area contributed by atoms with Crippen molar-refractivity contribution in [1.29, 1.82) is 0 Å². The van der Waals surface area contributed by atoms with Crippen LogP contribution in [0.2, 0.25) is 0 Å². The lowest BCUT2D eigenvalue weighted by atomic mass is 10.1. The van der Waals surface area contributed by atoms with E-state index in [-0.39, 0.29) is 4.90 Å². The number of rotatable bonds is 5. The van der Waals surface area contributed by atoms with Gasteiger partial charge in [-0.3, -0.25) is 9.71 Å². The van der Waals surface area contributed by atoms with E-state index in [1.54, 1.807) is 47.9 Å². The van der Waals surface area contributed by atoms with E-state index in [4.69, 9.17) is 0 Å². The van der Waals surface area contributed by atoms with Crippen molar-refractivity contribution in [1.82, 2.24) is 0 Å². The highest BCUT2D eigenvalue weighted by atomic mass is 32.2. The molecule has 0 aliphatic carbocycles. The van der Waals surface area contributed by atoms with Gasteiger partial charge in [0.15, 0.2) is 0 Å². The van der Waals surface area contributed by atoms with Gasteiger partial charge in [0.2, 0.25) is 0 Å². The van der Waals surface area contributed by atoms with Gasteiger partial charge in [0, 0.05) is 16.0 Å². The third kappa shape index (κ3) is 4.39. The van der Waals surface area contributed by atoms with Gasteiger partial charge in [-0.25, -0.2) is 8.42 Å². The summed E-state index contributed by atoms with van der Waals surface area (Å²) in [6, 6.07) is 16.2. The summed E-state index contributed by atoms with van der Waals surface area (Å²) in [5.41, 5.74) is 3.28. The summed E-state index contributed by atoms with van der Waals surface area (Å²) in [6.07, 6.45) is 1.79. The summed E-state index contributed by atoms with van der Waals surface area (Å²) in [5, 5.41) is 0. The molecule has 2 aromatic carbocycles. The fourth-order valence-corrected chi connectivity index (χ4v) is 4.38. The van der Waals surface area contributed by atoms with Crippen LogP contribution in [0.25, 0.3) is 0 Å². The summed E-state index contributed by atoms with van der Waals surface area (Å²) in [4.78, 5) is 6.90. The average Bonchev–Trinajstić information content (AvgIpc) is 3.01. The van der Waals surface area contributed by atoms with E-state index in [1.807, 2.05) is 45.0 Å². The minimum Gasteiger partial charge on any atom is -0.279 e. The molecule has 26 heavy (non-hydrogen) atoms. The number of benzene rings is 2. The molecule has 4 nitrogen and oxygen atoms in total. The van der Waals surface area contributed by atoms with Crippen molar-refractivity contribution in [3.8, 4) is 0 Å². The molecule has 0 unspecified atom stereocenters. The van der Waals surface area contributed by atoms with Crippen LogP contribution < -0.4 is 4.72 Å². The largest absolute Gasteiger partial charge is 0.279 e. The number of hydrogen-bond acceptors (Lipinski definition) is 4. The van der Waals surface area contributed by atoms with Gasteiger partial charge in [0.05, 0.1) is 16.3 Å². The van der Waals surface area contributed by atoms with Gasteiger partial charge in [-0.2, -0.15) is 0 Å². The predicted molar refractivity (Wildman–Crippen MR) is 109 cm³/mol. The Morgan fingerprint density at radius 1 is 0.962 bits per heavy atom. The monoisotopic (exact) mass is 384 g/mol. The van der Waals surface area contributed by atoms with Gasteiger partial charge in [-0.1, -0.05) is 17.7 Å². The maximum absolute atomic E-state index is 12.6. The van der Waals surface area contributed by atoms with Crippen LogP contribution in [0.1, 0.15) is 20.9 Å². The summed E-state index contributed by atoms with van der Waals surface area (Å²) in [7, 11) is -3.63. The lowest BCUT2D eigenvalue weighted by Crippen LogP contribution is -2.13. The first-order chi connectivity index (χ1) is 12.3. The molecule has 0 saturated carbocycles. The standard InChI is InChI=1S/C20H20N2O2S2/c1-14-4-11-20(15(2)12-14)22-26(23,24)19-9-6-17(7-10-19)21-13-18-8-5-16(3)25-18/h4-13,22H,1-3H3. The second-order valence-corrected chi connectivity index (χ2v) is 9.13. The van der Waals surface area contributed by atoms with Crippen molar-refractivity contribution in [2.45, 2.75) is 25.7 Å². The van der Waals surface area contributed by atoms with Crippen LogP contribution in [0.3, 0.4) is 0 Å². The van der Waals surface area contributed by atoms with Gasteiger partial charge in [0.1, 0.15) is 0 Å². The molecule has 0 fully saturated rings. The second-order valence-electron chi connectivity index (χ2n) is 6.12. The number of hydrogen-bond donors (Lipinski definition) is 1. The van der Waals surface area contributed by atoms with Crippen molar-refractivity contribution in [3.63, 3.8) is 0 Å². The van der Waals surface area contributed by atoms with Crippen LogP contribution >= 0.6 is 11.3 Å². The molecule has 6 heteroatoms. The Labute approximate surface area is 158 Å². The predicted octanol–water partition coefficient (Wildman–Crippen LogP) is 5.22. The third-order valence-corrected chi connectivity index (χ3v) is 6.19. The molecule has 0 radical (unpaired) electrons. The minimum atomic E-state index is -3.63. The number of sulfonamides is 1. The Balaban J connectivity index is 1.77. The molecular formula is C20H20N2O2S2. The normalized spacial score (nSPS) is 11.8. The summed E-state index contributed by atoms with van der Waals surface area (Å²) >= 11 is 1.66. The molecular weight excluding hydrogens is 364 g/mol. The van der Waals surface area contributed by atoms with Crippen LogP contribution in [-0.2, 0) is 10.0 Å². The Kier molecular flexibility index (Phi) is 5.25. The molecule has 3 aromatic rings. The zero-order valence-electron chi connectivity index (χ0n) is 14.9. The van der Waals surface area contributed by atoms with Gasteiger partial charge >= 0.3 is 0 Å². The molecule has 3 rings (SSSR count). The Morgan fingerprint density at radius 3 is 2.31 bits per heavy atom. The highest BCUT2D eigenvalue weighted by Crippen LogP contribution is 2.23. The van der Waals surface area contributed by atoms with E-state index in [2.05, 4.69) is 9.71 Å². The molecule has 0 atom stereocenters. The second kappa shape index (κ2) is 7.43. The summed E-state index contributed by atoms with van der Waals surface area (Å²) < 4.78 is 27.8.